The van der Waals surface area contributed by atoms with E-state index < -0.39 is 5.82 Å². The van der Waals surface area contributed by atoms with E-state index in [1.165, 1.54) is 17.0 Å². The average molecular weight is 566 g/mol. The Morgan fingerprint density at radius 3 is 2.00 bits per heavy atom. The lowest BCUT2D eigenvalue weighted by Gasteiger charge is -2.36. The summed E-state index contributed by atoms with van der Waals surface area (Å²) in [7, 11) is 0. The molecule has 5 rings (SSSR count). The van der Waals surface area contributed by atoms with Crippen molar-refractivity contribution in [3.63, 3.8) is 0 Å². The van der Waals surface area contributed by atoms with Gasteiger partial charge in [-0.05, 0) is 54.1 Å². The summed E-state index contributed by atoms with van der Waals surface area (Å²) in [6, 6.07) is 31.8. The van der Waals surface area contributed by atoms with Crippen LogP contribution in [0.25, 0.3) is 0 Å². The largest absolute Gasteiger partial charge is 0.368 e. The summed E-state index contributed by atoms with van der Waals surface area (Å²) in [6.45, 7) is 2.43. The fraction of sp³-hybridized carbons (Fsp3) is 0.182. The van der Waals surface area contributed by atoms with Gasteiger partial charge in [0.2, 0.25) is 5.91 Å². The number of carbonyl (C=O) groups is 3. The Morgan fingerprint density at radius 2 is 1.33 bits per heavy atom. The molecule has 8 nitrogen and oxygen atoms in total. The summed E-state index contributed by atoms with van der Waals surface area (Å²) in [5.41, 5.74) is 3.21. The lowest BCUT2D eigenvalue weighted by Crippen LogP contribution is -2.50. The lowest BCUT2D eigenvalue weighted by atomic mass is 10.1. The van der Waals surface area contributed by atoms with Crippen molar-refractivity contribution in [2.45, 2.75) is 6.54 Å². The number of piperazine rings is 1. The van der Waals surface area contributed by atoms with Gasteiger partial charge < -0.3 is 25.3 Å². The van der Waals surface area contributed by atoms with Crippen molar-refractivity contribution in [1.82, 2.24) is 9.80 Å². The van der Waals surface area contributed by atoms with Crippen LogP contribution in [0.4, 0.5) is 26.2 Å². The first-order chi connectivity index (χ1) is 20.5. The monoisotopic (exact) mass is 565 g/mol. The predicted molar refractivity (Wildman–Crippen MR) is 162 cm³/mol. The normalized spacial score (nSPS) is 12.9. The molecule has 0 atom stereocenters. The van der Waals surface area contributed by atoms with Crippen molar-refractivity contribution in [3.05, 3.63) is 126 Å². The summed E-state index contributed by atoms with van der Waals surface area (Å²) >= 11 is 0. The third kappa shape index (κ3) is 7.31. The van der Waals surface area contributed by atoms with Crippen LogP contribution in [0.1, 0.15) is 15.9 Å². The first-order valence-electron chi connectivity index (χ1n) is 13.8. The smallest absolute Gasteiger partial charge is 0.322 e. The van der Waals surface area contributed by atoms with E-state index in [1.807, 2.05) is 60.7 Å². The summed E-state index contributed by atoms with van der Waals surface area (Å²) < 4.78 is 13.9. The Balaban J connectivity index is 1.15. The third-order valence-electron chi connectivity index (χ3n) is 7.06. The maximum atomic E-state index is 13.9. The molecule has 0 unspecified atom stereocenters. The summed E-state index contributed by atoms with van der Waals surface area (Å²) in [5, 5.41) is 5.53. The molecule has 4 aromatic rings. The minimum absolute atomic E-state index is 0.0960. The van der Waals surface area contributed by atoms with Crippen molar-refractivity contribution in [3.8, 4) is 0 Å². The molecule has 2 N–H and O–H groups in total. The molecule has 4 amide bonds. The highest BCUT2D eigenvalue weighted by Crippen LogP contribution is 2.21. The van der Waals surface area contributed by atoms with Gasteiger partial charge in [0.1, 0.15) is 12.4 Å². The van der Waals surface area contributed by atoms with E-state index in [1.54, 1.807) is 41.3 Å². The number of amides is 4. The fourth-order valence-corrected chi connectivity index (χ4v) is 4.82. The zero-order valence-electron chi connectivity index (χ0n) is 23.1. The van der Waals surface area contributed by atoms with Crippen LogP contribution >= 0.6 is 0 Å². The van der Waals surface area contributed by atoms with Crippen molar-refractivity contribution in [2.24, 2.45) is 0 Å². The second-order valence-electron chi connectivity index (χ2n) is 9.99. The van der Waals surface area contributed by atoms with Crippen molar-refractivity contribution in [1.29, 1.82) is 0 Å². The third-order valence-corrected chi connectivity index (χ3v) is 7.06. The molecule has 0 bridgehead atoms. The van der Waals surface area contributed by atoms with Crippen LogP contribution in [0, 0.1) is 5.82 Å². The zero-order chi connectivity index (χ0) is 29.3. The molecule has 1 aliphatic rings. The lowest BCUT2D eigenvalue weighted by molar-refractivity contribution is -0.117. The SMILES string of the molecule is O=C(CN(Cc1ccccc1)C(=O)c1ccccc1)Nc1ccc(N2CCN(C(=O)Nc3ccccc3F)CC2)cc1. The maximum Gasteiger partial charge on any atom is 0.322 e. The van der Waals surface area contributed by atoms with Crippen LogP contribution in [0.3, 0.4) is 0 Å². The number of halogens is 1. The second kappa shape index (κ2) is 13.5. The van der Waals surface area contributed by atoms with Crippen molar-refractivity contribution < 1.29 is 18.8 Å². The molecule has 1 saturated heterocycles. The number of nitrogens with one attached hydrogen (secondary N) is 2. The molecule has 4 aromatic carbocycles. The molecule has 214 valence electrons. The molecule has 1 fully saturated rings. The quantitative estimate of drug-likeness (QED) is 0.297. The van der Waals surface area contributed by atoms with Crippen LogP contribution in [0.15, 0.2) is 109 Å². The Morgan fingerprint density at radius 1 is 0.714 bits per heavy atom. The minimum atomic E-state index is -0.469. The Labute approximate surface area is 244 Å². The molecule has 1 heterocycles. The Kier molecular flexibility index (Phi) is 9.08. The Bertz CT molecular complexity index is 1510. The zero-order valence-corrected chi connectivity index (χ0v) is 23.1. The van der Waals surface area contributed by atoms with Crippen LogP contribution < -0.4 is 15.5 Å². The highest BCUT2D eigenvalue weighted by atomic mass is 19.1. The summed E-state index contributed by atoms with van der Waals surface area (Å²) in [4.78, 5) is 44.2. The molecule has 0 aromatic heterocycles. The van der Waals surface area contributed by atoms with Crippen LogP contribution in [0.5, 0.6) is 0 Å². The van der Waals surface area contributed by atoms with Gasteiger partial charge in [-0.1, -0.05) is 60.7 Å². The highest BCUT2D eigenvalue weighted by Gasteiger charge is 2.23. The van der Waals surface area contributed by atoms with Gasteiger partial charge in [-0.25, -0.2) is 9.18 Å². The predicted octanol–water partition coefficient (Wildman–Crippen LogP) is 5.46. The molecule has 0 aliphatic carbocycles. The molecule has 0 saturated carbocycles. The number of rotatable bonds is 8. The van der Waals surface area contributed by atoms with E-state index in [4.69, 9.17) is 0 Å². The van der Waals surface area contributed by atoms with E-state index in [0.29, 0.717) is 44.0 Å². The number of nitrogens with zero attached hydrogens (tertiary/aromatic N) is 3. The summed E-state index contributed by atoms with van der Waals surface area (Å²) in [5.74, 6) is -0.979. The second-order valence-corrected chi connectivity index (χ2v) is 9.99. The molecule has 1 aliphatic heterocycles. The van der Waals surface area contributed by atoms with Gasteiger partial charge in [0, 0.05) is 49.7 Å². The number of anilines is 3. The molecule has 0 radical (unpaired) electrons. The van der Waals surface area contributed by atoms with Crippen molar-refractivity contribution in [2.75, 3.05) is 48.3 Å². The number of hydrogen-bond donors (Lipinski definition) is 2. The van der Waals surface area contributed by atoms with Gasteiger partial charge in [0.25, 0.3) is 5.91 Å². The van der Waals surface area contributed by atoms with Gasteiger partial charge >= 0.3 is 6.03 Å². The van der Waals surface area contributed by atoms with Gasteiger partial charge in [0.15, 0.2) is 0 Å². The van der Waals surface area contributed by atoms with Crippen LogP contribution in [-0.2, 0) is 11.3 Å². The van der Waals surface area contributed by atoms with E-state index >= 15 is 0 Å². The number of para-hydroxylation sites is 1. The number of benzene rings is 4. The van der Waals surface area contributed by atoms with Gasteiger partial charge in [-0.2, -0.15) is 0 Å². The fourth-order valence-electron chi connectivity index (χ4n) is 4.82. The van der Waals surface area contributed by atoms with Crippen molar-refractivity contribution >= 4 is 34.9 Å². The minimum Gasteiger partial charge on any atom is -0.368 e. The van der Waals surface area contributed by atoms with E-state index in [2.05, 4.69) is 15.5 Å². The number of urea groups is 1. The van der Waals surface area contributed by atoms with Gasteiger partial charge in [-0.3, -0.25) is 9.59 Å². The van der Waals surface area contributed by atoms with E-state index in [9.17, 15) is 18.8 Å². The molecule has 42 heavy (non-hydrogen) atoms. The molecule has 9 heteroatoms. The number of carbonyl (C=O) groups excluding carboxylic acids is 3. The standard InChI is InChI=1S/C33H32FN5O3/c34-29-13-7-8-14-30(29)36-33(42)38-21-19-37(20-22-38)28-17-15-27(16-18-28)35-31(40)24-39(23-25-9-3-1-4-10-25)32(41)26-11-5-2-6-12-26/h1-18H,19-24H2,(H,35,40)(H,36,42). The maximum absolute atomic E-state index is 13.9. The molecular formula is C33H32FN5O3. The van der Waals surface area contributed by atoms with Gasteiger partial charge in [0.05, 0.1) is 5.69 Å². The van der Waals surface area contributed by atoms with Crippen LogP contribution in [-0.4, -0.2) is 60.4 Å². The average Bonchev–Trinajstić information content (AvgIpc) is 3.03. The first kappa shape index (κ1) is 28.4. The Hall–Kier alpha value is -5.18. The highest BCUT2D eigenvalue weighted by molar-refractivity contribution is 5.99. The molecule has 0 spiro atoms. The van der Waals surface area contributed by atoms with Crippen LogP contribution in [0.2, 0.25) is 0 Å². The topological polar surface area (TPSA) is 85.0 Å². The molecular weight excluding hydrogens is 533 g/mol. The first-order valence-corrected chi connectivity index (χ1v) is 13.8. The number of hydrogen-bond acceptors (Lipinski definition) is 4. The van der Waals surface area contributed by atoms with Gasteiger partial charge in [-0.15, -0.1) is 0 Å². The van der Waals surface area contributed by atoms with E-state index in [0.717, 1.165) is 11.3 Å². The van der Waals surface area contributed by atoms with E-state index in [-0.39, 0.29) is 30.1 Å². The summed E-state index contributed by atoms with van der Waals surface area (Å²) in [6.07, 6.45) is 0.